The first-order chi connectivity index (χ1) is 8.22. The molecule has 1 N–H and O–H groups in total. The maximum atomic E-state index is 5.71. The van der Waals surface area contributed by atoms with E-state index in [0.717, 1.165) is 36.0 Å². The molecule has 0 saturated carbocycles. The number of nitrogens with one attached hydrogen (secondary N) is 1. The predicted molar refractivity (Wildman–Crippen MR) is 69.1 cm³/mol. The molecule has 96 valence electrons. The number of hydrogen-bond donors (Lipinski definition) is 1. The number of aromatic nitrogens is 2. The van der Waals surface area contributed by atoms with Crippen LogP contribution in [0.25, 0.3) is 0 Å². The number of rotatable bonds is 5. The van der Waals surface area contributed by atoms with Crippen LogP contribution in [-0.4, -0.2) is 23.3 Å². The van der Waals surface area contributed by atoms with Crippen LogP contribution in [0.3, 0.4) is 0 Å². The van der Waals surface area contributed by atoms with Gasteiger partial charge in [0.05, 0.1) is 6.04 Å². The van der Waals surface area contributed by atoms with Crippen LogP contribution in [0.2, 0.25) is 0 Å². The SMILES string of the molecule is CCCNC(C)c1nnc(C2OCCC2C)s1. The maximum Gasteiger partial charge on any atom is 0.146 e. The lowest BCUT2D eigenvalue weighted by Crippen LogP contribution is -2.19. The molecule has 0 aromatic carbocycles. The van der Waals surface area contributed by atoms with Crippen molar-refractivity contribution < 1.29 is 4.74 Å². The molecule has 0 bridgehead atoms. The minimum Gasteiger partial charge on any atom is -0.371 e. The number of nitrogens with zero attached hydrogens (tertiary/aromatic N) is 2. The topological polar surface area (TPSA) is 47.0 Å². The van der Waals surface area contributed by atoms with E-state index >= 15 is 0 Å². The Morgan fingerprint density at radius 1 is 1.53 bits per heavy atom. The minimum absolute atomic E-state index is 0.166. The zero-order valence-corrected chi connectivity index (χ0v) is 11.6. The molecule has 1 aromatic rings. The molecule has 5 heteroatoms. The van der Waals surface area contributed by atoms with E-state index in [-0.39, 0.29) is 12.1 Å². The van der Waals surface area contributed by atoms with Gasteiger partial charge in [-0.3, -0.25) is 0 Å². The molecule has 17 heavy (non-hydrogen) atoms. The first kappa shape index (κ1) is 12.9. The van der Waals surface area contributed by atoms with Crippen LogP contribution in [0.5, 0.6) is 0 Å². The second-order valence-electron chi connectivity index (χ2n) is 4.71. The quantitative estimate of drug-likeness (QED) is 0.878. The summed E-state index contributed by atoms with van der Waals surface area (Å²) in [5.41, 5.74) is 0. The second-order valence-corrected chi connectivity index (χ2v) is 5.75. The molecule has 3 atom stereocenters. The van der Waals surface area contributed by atoms with Crippen molar-refractivity contribution in [1.82, 2.24) is 15.5 Å². The summed E-state index contributed by atoms with van der Waals surface area (Å²) < 4.78 is 5.71. The summed E-state index contributed by atoms with van der Waals surface area (Å²) in [5.74, 6) is 0.565. The highest BCUT2D eigenvalue weighted by molar-refractivity contribution is 7.11. The molecule has 1 aliphatic rings. The lowest BCUT2D eigenvalue weighted by atomic mass is 10.1. The fourth-order valence-electron chi connectivity index (χ4n) is 2.00. The summed E-state index contributed by atoms with van der Waals surface area (Å²) in [6, 6.07) is 0.290. The van der Waals surface area contributed by atoms with Crippen LogP contribution < -0.4 is 5.32 Å². The van der Waals surface area contributed by atoms with Crippen LogP contribution in [0.4, 0.5) is 0 Å². The summed E-state index contributed by atoms with van der Waals surface area (Å²) in [7, 11) is 0. The summed E-state index contributed by atoms with van der Waals surface area (Å²) >= 11 is 1.68. The van der Waals surface area contributed by atoms with Crippen LogP contribution in [0.15, 0.2) is 0 Å². The highest BCUT2D eigenvalue weighted by Gasteiger charge is 2.29. The molecule has 4 nitrogen and oxygen atoms in total. The van der Waals surface area contributed by atoms with Gasteiger partial charge in [-0.25, -0.2) is 0 Å². The Morgan fingerprint density at radius 3 is 3.00 bits per heavy atom. The van der Waals surface area contributed by atoms with Crippen molar-refractivity contribution in [3.63, 3.8) is 0 Å². The zero-order chi connectivity index (χ0) is 12.3. The lowest BCUT2D eigenvalue weighted by Gasteiger charge is -2.10. The monoisotopic (exact) mass is 255 g/mol. The summed E-state index contributed by atoms with van der Waals surface area (Å²) in [4.78, 5) is 0. The third kappa shape index (κ3) is 3.03. The van der Waals surface area contributed by atoms with E-state index in [1.807, 2.05) is 0 Å². The fourth-order valence-corrected chi connectivity index (χ4v) is 3.05. The summed E-state index contributed by atoms with van der Waals surface area (Å²) in [6.45, 7) is 8.40. The molecule has 1 aliphatic heterocycles. The van der Waals surface area contributed by atoms with Gasteiger partial charge in [-0.2, -0.15) is 0 Å². The normalized spacial score (nSPS) is 26.3. The Balaban J connectivity index is 2.00. The Kier molecular flexibility index (Phi) is 4.48. The second kappa shape index (κ2) is 5.89. The van der Waals surface area contributed by atoms with Crippen LogP contribution in [0.1, 0.15) is 55.8 Å². The van der Waals surface area contributed by atoms with Crippen molar-refractivity contribution in [2.75, 3.05) is 13.2 Å². The number of ether oxygens (including phenoxy) is 1. The molecule has 1 fully saturated rings. The molecule has 1 saturated heterocycles. The highest BCUT2D eigenvalue weighted by Crippen LogP contribution is 2.36. The fraction of sp³-hybridized carbons (Fsp3) is 0.833. The Hall–Kier alpha value is -0.520. The Bertz CT molecular complexity index is 355. The van der Waals surface area contributed by atoms with Gasteiger partial charge in [0.2, 0.25) is 0 Å². The summed E-state index contributed by atoms with van der Waals surface area (Å²) in [5, 5.41) is 14.1. The van der Waals surface area contributed by atoms with E-state index in [0.29, 0.717) is 5.92 Å². The van der Waals surface area contributed by atoms with Crippen molar-refractivity contribution in [2.24, 2.45) is 5.92 Å². The highest BCUT2D eigenvalue weighted by atomic mass is 32.1. The van der Waals surface area contributed by atoms with Crippen molar-refractivity contribution in [1.29, 1.82) is 0 Å². The van der Waals surface area contributed by atoms with Gasteiger partial charge in [-0.05, 0) is 32.2 Å². The van der Waals surface area contributed by atoms with Gasteiger partial charge in [0, 0.05) is 6.61 Å². The van der Waals surface area contributed by atoms with Gasteiger partial charge in [0.25, 0.3) is 0 Å². The molecule has 1 aromatic heterocycles. The minimum atomic E-state index is 0.166. The first-order valence-corrected chi connectivity index (χ1v) is 7.22. The molecule has 0 aliphatic carbocycles. The smallest absolute Gasteiger partial charge is 0.146 e. The van der Waals surface area contributed by atoms with Gasteiger partial charge in [0.15, 0.2) is 0 Å². The zero-order valence-electron chi connectivity index (χ0n) is 10.8. The van der Waals surface area contributed by atoms with E-state index in [1.165, 1.54) is 0 Å². The maximum absolute atomic E-state index is 5.71. The van der Waals surface area contributed by atoms with Crippen molar-refractivity contribution in [3.05, 3.63) is 10.0 Å². The van der Waals surface area contributed by atoms with Crippen molar-refractivity contribution >= 4 is 11.3 Å². The average molecular weight is 255 g/mol. The van der Waals surface area contributed by atoms with E-state index in [1.54, 1.807) is 11.3 Å². The molecule has 2 heterocycles. The van der Waals surface area contributed by atoms with Gasteiger partial charge >= 0.3 is 0 Å². The van der Waals surface area contributed by atoms with Crippen LogP contribution >= 0.6 is 11.3 Å². The standard InChI is InChI=1S/C12H21N3OS/c1-4-6-13-9(3)11-14-15-12(17-11)10-8(2)5-7-16-10/h8-10,13H,4-7H2,1-3H3. The van der Waals surface area contributed by atoms with E-state index < -0.39 is 0 Å². The molecule has 0 spiro atoms. The molecular weight excluding hydrogens is 234 g/mol. The van der Waals surface area contributed by atoms with E-state index in [2.05, 4.69) is 36.3 Å². The number of hydrogen-bond acceptors (Lipinski definition) is 5. The Labute approximate surface area is 107 Å². The molecule has 0 amide bonds. The summed E-state index contributed by atoms with van der Waals surface area (Å²) in [6.07, 6.45) is 2.43. The molecular formula is C12H21N3OS. The van der Waals surface area contributed by atoms with Gasteiger partial charge in [0.1, 0.15) is 16.1 Å². The molecule has 0 radical (unpaired) electrons. The third-order valence-corrected chi connectivity index (χ3v) is 4.33. The lowest BCUT2D eigenvalue weighted by molar-refractivity contribution is 0.0937. The van der Waals surface area contributed by atoms with Crippen molar-refractivity contribution in [2.45, 2.75) is 45.8 Å². The molecule has 3 unspecified atom stereocenters. The van der Waals surface area contributed by atoms with E-state index in [4.69, 9.17) is 4.74 Å². The van der Waals surface area contributed by atoms with Gasteiger partial charge in [-0.1, -0.05) is 25.2 Å². The predicted octanol–water partition coefficient (Wildman–Crippen LogP) is 2.70. The first-order valence-electron chi connectivity index (χ1n) is 6.40. The molecule has 2 rings (SSSR count). The van der Waals surface area contributed by atoms with E-state index in [9.17, 15) is 0 Å². The van der Waals surface area contributed by atoms with Crippen LogP contribution in [0, 0.1) is 5.92 Å². The third-order valence-electron chi connectivity index (χ3n) is 3.16. The average Bonchev–Trinajstić information content (AvgIpc) is 2.93. The van der Waals surface area contributed by atoms with Crippen LogP contribution in [-0.2, 0) is 4.74 Å². The van der Waals surface area contributed by atoms with Gasteiger partial charge in [-0.15, -0.1) is 10.2 Å². The van der Waals surface area contributed by atoms with Crippen molar-refractivity contribution in [3.8, 4) is 0 Å². The Morgan fingerprint density at radius 2 is 2.35 bits per heavy atom. The van der Waals surface area contributed by atoms with Gasteiger partial charge < -0.3 is 10.1 Å². The largest absolute Gasteiger partial charge is 0.371 e.